The molecule has 1 amide bonds. The average molecular weight is 186 g/mol. The first kappa shape index (κ1) is 9.33. The van der Waals surface area contributed by atoms with Crippen molar-refractivity contribution in [2.24, 2.45) is 0 Å². The van der Waals surface area contributed by atoms with Gasteiger partial charge in [0.15, 0.2) is 0 Å². The number of aliphatic hydroxyl groups is 1. The number of nitrogens with one attached hydrogen (secondary N) is 1. The van der Waals surface area contributed by atoms with Crippen LogP contribution < -0.4 is 11.1 Å². The number of hydrogen-bond acceptors (Lipinski definition) is 4. The number of amides is 1. The van der Waals surface area contributed by atoms with E-state index in [2.05, 4.69) is 10.4 Å². The lowest BCUT2D eigenvalue weighted by molar-refractivity contribution is 0.210. The predicted octanol–water partition coefficient (Wildman–Crippen LogP) is -0.453. The van der Waals surface area contributed by atoms with Gasteiger partial charge >= 0.3 is 6.09 Å². The van der Waals surface area contributed by atoms with Crippen molar-refractivity contribution in [2.45, 2.75) is 6.54 Å². The molecule has 0 radical (unpaired) electrons. The van der Waals surface area contributed by atoms with Crippen molar-refractivity contribution in [1.29, 1.82) is 0 Å². The van der Waals surface area contributed by atoms with Gasteiger partial charge in [-0.15, -0.1) is 0 Å². The van der Waals surface area contributed by atoms with Crippen molar-refractivity contribution in [3.05, 3.63) is 6.20 Å². The standard InChI is InChI=1S/C6H10N4O3/c7-5-4(9-6(12)13)3-8-10(5)1-2-11/h3,9,11H,1-2,7H2,(H,12,13). The van der Waals surface area contributed by atoms with Gasteiger partial charge in [0.25, 0.3) is 0 Å². The van der Waals surface area contributed by atoms with Crippen molar-refractivity contribution in [1.82, 2.24) is 9.78 Å². The molecule has 0 saturated heterocycles. The van der Waals surface area contributed by atoms with Crippen LogP contribution in [0.4, 0.5) is 16.3 Å². The van der Waals surface area contributed by atoms with Crippen molar-refractivity contribution >= 4 is 17.6 Å². The number of carboxylic acid groups (broad SMARTS) is 1. The van der Waals surface area contributed by atoms with Gasteiger partial charge in [-0.05, 0) is 0 Å². The molecule has 0 aromatic carbocycles. The number of nitrogens with two attached hydrogens (primary N) is 1. The van der Waals surface area contributed by atoms with Crippen LogP contribution in [0.1, 0.15) is 0 Å². The Labute approximate surface area is 73.8 Å². The van der Waals surface area contributed by atoms with Gasteiger partial charge in [0.1, 0.15) is 11.5 Å². The monoisotopic (exact) mass is 186 g/mol. The Morgan fingerprint density at radius 1 is 1.77 bits per heavy atom. The van der Waals surface area contributed by atoms with E-state index in [1.165, 1.54) is 10.9 Å². The van der Waals surface area contributed by atoms with Gasteiger partial charge in [0.2, 0.25) is 0 Å². The average Bonchev–Trinajstić information content (AvgIpc) is 2.36. The second-order valence-corrected chi connectivity index (χ2v) is 2.32. The van der Waals surface area contributed by atoms with Gasteiger partial charge in [-0.1, -0.05) is 0 Å². The molecular formula is C6H10N4O3. The van der Waals surface area contributed by atoms with Gasteiger partial charge in [-0.25, -0.2) is 9.48 Å². The highest BCUT2D eigenvalue weighted by Crippen LogP contribution is 2.16. The smallest absolute Gasteiger partial charge is 0.409 e. The summed E-state index contributed by atoms with van der Waals surface area (Å²) in [6.07, 6.45) is 0.0919. The summed E-state index contributed by atoms with van der Waals surface area (Å²) in [5, 5.41) is 22.8. The second kappa shape index (κ2) is 3.76. The number of nitrogen functional groups attached to an aromatic ring is 1. The molecule has 0 atom stereocenters. The van der Waals surface area contributed by atoms with E-state index < -0.39 is 6.09 Å². The summed E-state index contributed by atoms with van der Waals surface area (Å²) < 4.78 is 1.31. The zero-order chi connectivity index (χ0) is 9.84. The lowest BCUT2D eigenvalue weighted by atomic mass is 10.5. The summed E-state index contributed by atoms with van der Waals surface area (Å²) in [6.45, 7) is 0.144. The first-order valence-electron chi connectivity index (χ1n) is 3.57. The van der Waals surface area contributed by atoms with Crippen LogP contribution in [0.2, 0.25) is 0 Å². The van der Waals surface area contributed by atoms with Crippen molar-refractivity contribution in [3.63, 3.8) is 0 Å². The molecule has 0 unspecified atom stereocenters. The Hall–Kier alpha value is -1.76. The number of rotatable bonds is 3. The molecule has 72 valence electrons. The van der Waals surface area contributed by atoms with Crippen LogP contribution in [0.25, 0.3) is 0 Å². The van der Waals surface area contributed by atoms with E-state index in [0.717, 1.165) is 0 Å². The minimum Gasteiger partial charge on any atom is -0.465 e. The van der Waals surface area contributed by atoms with Gasteiger partial charge in [-0.3, -0.25) is 5.32 Å². The lowest BCUT2D eigenvalue weighted by Gasteiger charge is -2.01. The molecule has 1 heterocycles. The summed E-state index contributed by atoms with van der Waals surface area (Å²) >= 11 is 0. The molecule has 7 nitrogen and oxygen atoms in total. The molecule has 0 aliphatic rings. The second-order valence-electron chi connectivity index (χ2n) is 2.32. The Kier molecular flexibility index (Phi) is 2.70. The highest BCUT2D eigenvalue weighted by Gasteiger charge is 2.08. The number of anilines is 2. The summed E-state index contributed by atoms with van der Waals surface area (Å²) in [5.41, 5.74) is 5.72. The van der Waals surface area contributed by atoms with Gasteiger partial charge in [0.05, 0.1) is 19.3 Å². The summed E-state index contributed by atoms with van der Waals surface area (Å²) in [6, 6.07) is 0. The third kappa shape index (κ3) is 2.09. The summed E-state index contributed by atoms with van der Waals surface area (Å²) in [5.74, 6) is 0.191. The maximum absolute atomic E-state index is 10.2. The van der Waals surface area contributed by atoms with E-state index >= 15 is 0 Å². The Bertz CT molecular complexity index is 309. The molecule has 7 heteroatoms. The van der Waals surface area contributed by atoms with Gasteiger partial charge < -0.3 is 15.9 Å². The number of carbonyl (C=O) groups is 1. The lowest BCUT2D eigenvalue weighted by Crippen LogP contribution is -2.11. The first-order valence-corrected chi connectivity index (χ1v) is 3.57. The van der Waals surface area contributed by atoms with Crippen LogP contribution in [0, 0.1) is 0 Å². The number of aliphatic hydroxyl groups excluding tert-OH is 1. The number of nitrogens with zero attached hydrogens (tertiary/aromatic N) is 2. The van der Waals surface area contributed by atoms with E-state index in [-0.39, 0.29) is 24.7 Å². The fourth-order valence-corrected chi connectivity index (χ4v) is 0.879. The predicted molar refractivity (Wildman–Crippen MR) is 45.4 cm³/mol. The summed E-state index contributed by atoms with van der Waals surface area (Å²) in [4.78, 5) is 10.2. The van der Waals surface area contributed by atoms with Crippen LogP contribution in [-0.2, 0) is 6.54 Å². The van der Waals surface area contributed by atoms with Crippen LogP contribution in [0.3, 0.4) is 0 Å². The third-order valence-electron chi connectivity index (χ3n) is 1.43. The van der Waals surface area contributed by atoms with Crippen molar-refractivity contribution < 1.29 is 15.0 Å². The molecule has 0 aliphatic heterocycles. The largest absolute Gasteiger partial charge is 0.465 e. The highest BCUT2D eigenvalue weighted by molar-refractivity contribution is 5.86. The molecule has 0 bridgehead atoms. The molecule has 0 spiro atoms. The number of hydrogen-bond donors (Lipinski definition) is 4. The topological polar surface area (TPSA) is 113 Å². The zero-order valence-electron chi connectivity index (χ0n) is 6.77. The summed E-state index contributed by atoms with van der Waals surface area (Å²) in [7, 11) is 0. The van der Waals surface area contributed by atoms with Crippen LogP contribution in [0.15, 0.2) is 6.20 Å². The van der Waals surface area contributed by atoms with E-state index in [1.807, 2.05) is 0 Å². The molecule has 0 saturated carbocycles. The molecule has 0 fully saturated rings. The molecule has 0 aliphatic carbocycles. The molecular weight excluding hydrogens is 176 g/mol. The molecule has 1 aromatic rings. The maximum Gasteiger partial charge on any atom is 0.409 e. The minimum atomic E-state index is -1.20. The molecule has 1 aromatic heterocycles. The third-order valence-corrected chi connectivity index (χ3v) is 1.43. The Morgan fingerprint density at radius 2 is 2.46 bits per heavy atom. The van der Waals surface area contributed by atoms with E-state index in [0.29, 0.717) is 0 Å². The normalized spacial score (nSPS) is 9.92. The fraction of sp³-hybridized carbons (Fsp3) is 0.333. The van der Waals surface area contributed by atoms with E-state index in [1.54, 1.807) is 0 Å². The maximum atomic E-state index is 10.2. The van der Waals surface area contributed by atoms with Crippen LogP contribution in [0.5, 0.6) is 0 Å². The van der Waals surface area contributed by atoms with Gasteiger partial charge in [0, 0.05) is 0 Å². The molecule has 5 N–H and O–H groups in total. The minimum absolute atomic E-state index is 0.0988. The first-order chi connectivity index (χ1) is 6.15. The molecule has 13 heavy (non-hydrogen) atoms. The van der Waals surface area contributed by atoms with E-state index in [4.69, 9.17) is 15.9 Å². The quantitative estimate of drug-likeness (QED) is 0.510. The van der Waals surface area contributed by atoms with Crippen LogP contribution in [-0.4, -0.2) is 32.7 Å². The Morgan fingerprint density at radius 3 is 3.00 bits per heavy atom. The number of aromatic nitrogens is 2. The molecule has 1 rings (SSSR count). The zero-order valence-corrected chi connectivity index (χ0v) is 6.77. The van der Waals surface area contributed by atoms with Crippen molar-refractivity contribution in [2.75, 3.05) is 17.7 Å². The van der Waals surface area contributed by atoms with Gasteiger partial charge in [-0.2, -0.15) is 5.10 Å². The van der Waals surface area contributed by atoms with Crippen molar-refractivity contribution in [3.8, 4) is 0 Å². The Balaban J connectivity index is 2.79. The van der Waals surface area contributed by atoms with E-state index in [9.17, 15) is 4.79 Å². The fourth-order valence-electron chi connectivity index (χ4n) is 0.879. The SMILES string of the molecule is Nc1c(NC(=O)O)cnn1CCO. The van der Waals surface area contributed by atoms with Crippen LogP contribution >= 0.6 is 0 Å². The highest BCUT2D eigenvalue weighted by atomic mass is 16.4.